The number of allylic oxidation sites excluding steroid dienone is 3. The Morgan fingerprint density at radius 3 is 2.77 bits per heavy atom. The van der Waals surface area contributed by atoms with E-state index in [1.54, 1.807) is 43.4 Å². The van der Waals surface area contributed by atoms with Crippen molar-refractivity contribution in [2.45, 2.75) is 38.8 Å². The molecule has 0 saturated carbocycles. The van der Waals surface area contributed by atoms with Crippen LogP contribution >= 0.6 is 0 Å². The molecule has 4 nitrogen and oxygen atoms in total. The van der Waals surface area contributed by atoms with Gasteiger partial charge in [-0.3, -0.25) is 9.79 Å². The smallest absolute Gasteiger partial charge is 0.169 e. The molecular formula is C21H25FN2O2. The van der Waals surface area contributed by atoms with E-state index in [9.17, 15) is 14.3 Å². The molecule has 5 heteroatoms. The molecule has 0 fully saturated rings. The van der Waals surface area contributed by atoms with Crippen LogP contribution in [0.2, 0.25) is 0 Å². The van der Waals surface area contributed by atoms with E-state index in [4.69, 9.17) is 5.73 Å². The van der Waals surface area contributed by atoms with Gasteiger partial charge in [-0.2, -0.15) is 0 Å². The van der Waals surface area contributed by atoms with Gasteiger partial charge < -0.3 is 10.8 Å². The van der Waals surface area contributed by atoms with Gasteiger partial charge in [0.15, 0.2) is 5.78 Å². The monoisotopic (exact) mass is 356 g/mol. The fraction of sp³-hybridized carbons (Fsp3) is 0.333. The van der Waals surface area contributed by atoms with Gasteiger partial charge in [-0.05, 0) is 31.9 Å². The molecule has 0 radical (unpaired) electrons. The number of nitrogens with zero attached hydrogens (tertiary/aromatic N) is 1. The van der Waals surface area contributed by atoms with Crippen molar-refractivity contribution >= 4 is 11.5 Å². The molecule has 0 amide bonds. The zero-order chi connectivity index (χ0) is 19.3. The minimum absolute atomic E-state index is 0.0567. The SMILES string of the molecule is C=C/C=C\C(C)N=C(C1=C(N)C(O)CCC(C)C1=O)c1ccccc1F. The number of aliphatic imine (C=N–C) groups is 1. The molecule has 1 aromatic rings. The summed E-state index contributed by atoms with van der Waals surface area (Å²) in [6.07, 6.45) is 5.09. The van der Waals surface area contributed by atoms with Crippen LogP contribution in [-0.4, -0.2) is 28.7 Å². The summed E-state index contributed by atoms with van der Waals surface area (Å²) in [6.45, 7) is 7.22. The first kappa shape index (κ1) is 19.8. The Morgan fingerprint density at radius 1 is 1.42 bits per heavy atom. The highest BCUT2D eigenvalue weighted by molar-refractivity contribution is 6.29. The number of benzene rings is 1. The predicted octanol–water partition coefficient (Wildman–Crippen LogP) is 3.32. The number of rotatable bonds is 5. The molecule has 3 N–H and O–H groups in total. The van der Waals surface area contributed by atoms with Crippen molar-refractivity contribution in [3.8, 4) is 0 Å². The fourth-order valence-electron chi connectivity index (χ4n) is 2.91. The predicted molar refractivity (Wildman–Crippen MR) is 102 cm³/mol. The molecule has 1 aromatic carbocycles. The first-order valence-electron chi connectivity index (χ1n) is 8.71. The first-order valence-corrected chi connectivity index (χ1v) is 8.71. The number of carbonyl (C=O) groups excluding carboxylic acids is 1. The van der Waals surface area contributed by atoms with Crippen molar-refractivity contribution in [2.24, 2.45) is 16.6 Å². The highest BCUT2D eigenvalue weighted by atomic mass is 19.1. The van der Waals surface area contributed by atoms with Crippen LogP contribution in [-0.2, 0) is 4.79 Å². The summed E-state index contributed by atoms with van der Waals surface area (Å²) in [6, 6.07) is 5.80. The van der Waals surface area contributed by atoms with Gasteiger partial charge in [0, 0.05) is 11.5 Å². The highest BCUT2D eigenvalue weighted by Crippen LogP contribution is 2.27. The summed E-state index contributed by atoms with van der Waals surface area (Å²) in [7, 11) is 0. The first-order chi connectivity index (χ1) is 12.4. The van der Waals surface area contributed by atoms with Crippen LogP contribution in [0, 0.1) is 11.7 Å². The van der Waals surface area contributed by atoms with Crippen molar-refractivity contribution in [2.75, 3.05) is 0 Å². The lowest BCUT2D eigenvalue weighted by molar-refractivity contribution is -0.118. The number of nitrogens with two attached hydrogens (primary N) is 1. The number of ketones is 1. The molecule has 0 aromatic heterocycles. The minimum atomic E-state index is -0.949. The quantitative estimate of drug-likeness (QED) is 0.628. The fourth-order valence-corrected chi connectivity index (χ4v) is 2.91. The number of Topliss-reactive ketones (excluding diaryl/α,β-unsaturated/α-hetero) is 1. The van der Waals surface area contributed by atoms with Crippen LogP contribution in [0.5, 0.6) is 0 Å². The zero-order valence-corrected chi connectivity index (χ0v) is 15.2. The van der Waals surface area contributed by atoms with Crippen molar-refractivity contribution < 1.29 is 14.3 Å². The number of aliphatic hydroxyl groups is 1. The summed E-state index contributed by atoms with van der Waals surface area (Å²) in [5.41, 5.74) is 6.66. The number of halogens is 1. The Hall–Kier alpha value is -2.53. The van der Waals surface area contributed by atoms with Crippen LogP contribution in [0.3, 0.4) is 0 Å². The second kappa shape index (κ2) is 8.72. The second-order valence-corrected chi connectivity index (χ2v) is 6.51. The molecule has 0 saturated heterocycles. The third-order valence-corrected chi connectivity index (χ3v) is 4.44. The molecule has 3 unspecified atom stereocenters. The lowest BCUT2D eigenvalue weighted by Crippen LogP contribution is -2.27. The lowest BCUT2D eigenvalue weighted by Gasteiger charge is -2.17. The zero-order valence-electron chi connectivity index (χ0n) is 15.2. The Balaban J connectivity index is 2.70. The summed E-state index contributed by atoms with van der Waals surface area (Å²) < 4.78 is 14.5. The normalized spacial score (nSPS) is 23.2. The topological polar surface area (TPSA) is 75.7 Å². The van der Waals surface area contributed by atoms with E-state index >= 15 is 0 Å². The van der Waals surface area contributed by atoms with Gasteiger partial charge in [-0.1, -0.05) is 43.9 Å². The Bertz CT molecular complexity index is 780. The molecule has 0 aliphatic heterocycles. The van der Waals surface area contributed by atoms with E-state index < -0.39 is 11.9 Å². The van der Waals surface area contributed by atoms with Gasteiger partial charge in [0.1, 0.15) is 5.82 Å². The minimum Gasteiger partial charge on any atom is -0.399 e. The summed E-state index contributed by atoms with van der Waals surface area (Å²) in [5, 5.41) is 10.3. The van der Waals surface area contributed by atoms with E-state index in [-0.39, 0.29) is 40.3 Å². The van der Waals surface area contributed by atoms with Crippen LogP contribution in [0.4, 0.5) is 4.39 Å². The largest absolute Gasteiger partial charge is 0.399 e. The van der Waals surface area contributed by atoms with E-state index in [1.807, 2.05) is 6.92 Å². The number of hydrogen-bond donors (Lipinski definition) is 2. The Morgan fingerprint density at radius 2 is 2.12 bits per heavy atom. The number of aliphatic hydroxyl groups excluding tert-OH is 1. The lowest BCUT2D eigenvalue weighted by atomic mass is 9.91. The summed E-state index contributed by atoms with van der Waals surface area (Å²) >= 11 is 0. The van der Waals surface area contributed by atoms with Crippen molar-refractivity contribution in [3.63, 3.8) is 0 Å². The van der Waals surface area contributed by atoms with E-state index in [0.29, 0.717) is 12.8 Å². The molecule has 2 rings (SSSR count). The standard InChI is InChI=1S/C21H25FN2O2/c1-4-5-8-14(3)24-20(15-9-6-7-10-16(15)22)18-19(23)17(25)12-11-13(2)21(18)26/h4-10,13-14,17,25H,1,11-12,23H2,2-3H3/b8-5-,24-20?. The average molecular weight is 356 g/mol. The molecule has 26 heavy (non-hydrogen) atoms. The van der Waals surface area contributed by atoms with Crippen molar-refractivity contribution in [1.82, 2.24) is 0 Å². The van der Waals surface area contributed by atoms with Crippen LogP contribution in [0.1, 0.15) is 32.3 Å². The molecule has 0 heterocycles. The molecular weight excluding hydrogens is 331 g/mol. The van der Waals surface area contributed by atoms with Crippen molar-refractivity contribution in [1.29, 1.82) is 0 Å². The molecule has 1 aliphatic carbocycles. The summed E-state index contributed by atoms with van der Waals surface area (Å²) in [4.78, 5) is 17.5. The maximum absolute atomic E-state index is 14.5. The van der Waals surface area contributed by atoms with Gasteiger partial charge in [0.05, 0.1) is 29.1 Å². The third kappa shape index (κ3) is 4.35. The van der Waals surface area contributed by atoms with Gasteiger partial charge >= 0.3 is 0 Å². The highest BCUT2D eigenvalue weighted by Gasteiger charge is 2.32. The maximum Gasteiger partial charge on any atom is 0.169 e. The molecule has 1 aliphatic rings. The Kier molecular flexibility index (Phi) is 6.64. The van der Waals surface area contributed by atoms with Crippen molar-refractivity contribution in [3.05, 3.63) is 71.7 Å². The van der Waals surface area contributed by atoms with E-state index in [0.717, 1.165) is 0 Å². The van der Waals surface area contributed by atoms with E-state index in [2.05, 4.69) is 11.6 Å². The maximum atomic E-state index is 14.5. The number of carbonyl (C=O) groups is 1. The Labute approximate surface area is 153 Å². The van der Waals surface area contributed by atoms with Crippen LogP contribution in [0.15, 0.2) is 65.3 Å². The number of hydrogen-bond acceptors (Lipinski definition) is 4. The van der Waals surface area contributed by atoms with Crippen LogP contribution < -0.4 is 5.73 Å². The van der Waals surface area contributed by atoms with Crippen LogP contribution in [0.25, 0.3) is 0 Å². The van der Waals surface area contributed by atoms with Gasteiger partial charge in [0.25, 0.3) is 0 Å². The van der Waals surface area contributed by atoms with E-state index in [1.165, 1.54) is 6.07 Å². The van der Waals surface area contributed by atoms with Gasteiger partial charge in [-0.15, -0.1) is 0 Å². The molecule has 0 bridgehead atoms. The van der Waals surface area contributed by atoms with Gasteiger partial charge in [-0.25, -0.2) is 4.39 Å². The molecule has 0 spiro atoms. The molecule has 138 valence electrons. The second-order valence-electron chi connectivity index (χ2n) is 6.51. The molecule has 3 atom stereocenters. The third-order valence-electron chi connectivity index (χ3n) is 4.44. The summed E-state index contributed by atoms with van der Waals surface area (Å²) in [5.74, 6) is -1.04. The average Bonchev–Trinajstić information content (AvgIpc) is 2.71. The van der Waals surface area contributed by atoms with Gasteiger partial charge in [0.2, 0.25) is 0 Å².